The smallest absolute Gasteiger partial charge is 0.174 e. The molecule has 0 aliphatic carbocycles. The molecule has 0 N–H and O–H groups in total. The van der Waals surface area contributed by atoms with Gasteiger partial charge in [0, 0.05) is 6.42 Å². The number of rotatable bonds is 8. The van der Waals surface area contributed by atoms with Crippen molar-refractivity contribution in [1.29, 1.82) is 0 Å². The predicted molar refractivity (Wildman–Crippen MR) is 76.4 cm³/mol. The molecule has 1 aromatic rings. The average molecular weight is 273 g/mol. The molecule has 0 bridgehead atoms. The maximum absolute atomic E-state index is 11.9. The van der Waals surface area contributed by atoms with Crippen LogP contribution in [0.25, 0.3) is 0 Å². The minimum Gasteiger partial charge on any atom is -0.293 e. The van der Waals surface area contributed by atoms with Gasteiger partial charge in [-0.25, -0.2) is 0 Å². The lowest BCUT2D eigenvalue weighted by molar-refractivity contribution is 0.0983. The first kappa shape index (κ1) is 14.7. The highest BCUT2D eigenvalue weighted by Crippen LogP contribution is 2.28. The summed E-state index contributed by atoms with van der Waals surface area (Å²) in [7, 11) is 0. The highest BCUT2D eigenvalue weighted by molar-refractivity contribution is 7.13. The van der Waals surface area contributed by atoms with Crippen molar-refractivity contribution in [1.82, 2.24) is 0 Å². The normalized spacial score (nSPS) is 10.8. The molecule has 3 heteroatoms. The molecule has 0 fully saturated rings. The summed E-state index contributed by atoms with van der Waals surface area (Å²) in [5, 5.41) is 2.61. The molecule has 0 amide bonds. The van der Waals surface area contributed by atoms with Gasteiger partial charge in [-0.3, -0.25) is 4.79 Å². The summed E-state index contributed by atoms with van der Waals surface area (Å²) in [6.07, 6.45) is 7.92. The van der Waals surface area contributed by atoms with E-state index in [0.717, 1.165) is 23.3 Å². The lowest BCUT2D eigenvalue weighted by Gasteiger charge is -2.00. The van der Waals surface area contributed by atoms with Crippen LogP contribution in [0.5, 0.6) is 0 Å². The average Bonchev–Trinajstić information content (AvgIpc) is 2.64. The summed E-state index contributed by atoms with van der Waals surface area (Å²) >= 11 is 7.55. The van der Waals surface area contributed by atoms with Crippen LogP contribution in [0.15, 0.2) is 5.38 Å². The molecule has 0 radical (unpaired) electrons. The second-order valence-electron chi connectivity index (χ2n) is 4.50. The molecular weight excluding hydrogens is 252 g/mol. The first-order valence-electron chi connectivity index (χ1n) is 6.43. The third-order valence-electron chi connectivity index (χ3n) is 2.91. The van der Waals surface area contributed by atoms with Gasteiger partial charge in [-0.2, -0.15) is 0 Å². The second kappa shape index (κ2) is 7.88. The Morgan fingerprint density at radius 3 is 2.47 bits per heavy atom. The van der Waals surface area contributed by atoms with Gasteiger partial charge >= 0.3 is 0 Å². The van der Waals surface area contributed by atoms with Crippen LogP contribution in [0.4, 0.5) is 0 Å². The lowest BCUT2D eigenvalue weighted by Crippen LogP contribution is -1.96. The number of aryl methyl sites for hydroxylation is 1. The molecule has 0 spiro atoms. The molecular formula is C14H21ClOS. The molecule has 0 aliphatic heterocycles. The van der Waals surface area contributed by atoms with Crippen molar-refractivity contribution in [2.75, 3.05) is 0 Å². The van der Waals surface area contributed by atoms with Gasteiger partial charge in [-0.15, -0.1) is 11.3 Å². The number of ketones is 1. The van der Waals surface area contributed by atoms with Gasteiger partial charge in [0.15, 0.2) is 5.78 Å². The van der Waals surface area contributed by atoms with E-state index in [2.05, 4.69) is 6.92 Å². The fourth-order valence-corrected chi connectivity index (χ4v) is 3.07. The van der Waals surface area contributed by atoms with Crippen LogP contribution in [0.3, 0.4) is 0 Å². The van der Waals surface area contributed by atoms with E-state index in [1.54, 1.807) is 0 Å². The van der Waals surface area contributed by atoms with Gasteiger partial charge in [-0.05, 0) is 24.3 Å². The van der Waals surface area contributed by atoms with Gasteiger partial charge in [-0.1, -0.05) is 50.6 Å². The summed E-state index contributed by atoms with van der Waals surface area (Å²) in [6, 6.07) is 0. The molecule has 96 valence electrons. The van der Waals surface area contributed by atoms with E-state index in [0.29, 0.717) is 11.4 Å². The van der Waals surface area contributed by atoms with Crippen molar-refractivity contribution < 1.29 is 4.79 Å². The van der Waals surface area contributed by atoms with Crippen molar-refractivity contribution in [3.63, 3.8) is 0 Å². The quantitative estimate of drug-likeness (QED) is 0.442. The van der Waals surface area contributed by atoms with Gasteiger partial charge in [0.1, 0.15) is 0 Å². The first-order valence-corrected chi connectivity index (χ1v) is 7.69. The second-order valence-corrected chi connectivity index (χ2v) is 5.76. The Hall–Kier alpha value is -0.340. The summed E-state index contributed by atoms with van der Waals surface area (Å²) < 4.78 is 0. The molecule has 17 heavy (non-hydrogen) atoms. The van der Waals surface area contributed by atoms with Crippen molar-refractivity contribution in [3.05, 3.63) is 20.8 Å². The van der Waals surface area contributed by atoms with Crippen LogP contribution < -0.4 is 0 Å². The molecule has 0 atom stereocenters. The Kier molecular flexibility index (Phi) is 6.83. The number of carbonyl (C=O) groups excluding carboxylic acids is 1. The van der Waals surface area contributed by atoms with E-state index < -0.39 is 0 Å². The molecule has 0 saturated carbocycles. The Morgan fingerprint density at radius 2 is 1.88 bits per heavy atom. The highest BCUT2D eigenvalue weighted by atomic mass is 35.5. The zero-order valence-corrected chi connectivity index (χ0v) is 12.3. The number of hydrogen-bond donors (Lipinski definition) is 0. The van der Waals surface area contributed by atoms with Crippen LogP contribution in [-0.4, -0.2) is 5.78 Å². The van der Waals surface area contributed by atoms with E-state index >= 15 is 0 Å². The fourth-order valence-electron chi connectivity index (χ4n) is 1.80. The first-order chi connectivity index (χ1) is 8.16. The van der Waals surface area contributed by atoms with Gasteiger partial charge < -0.3 is 0 Å². The zero-order valence-electron chi connectivity index (χ0n) is 10.7. The van der Waals surface area contributed by atoms with E-state index in [1.165, 1.54) is 37.0 Å². The number of Topliss-reactive ketones (excluding diaryl/α,β-unsaturated/α-hetero) is 1. The minimum atomic E-state index is 0.212. The summed E-state index contributed by atoms with van der Waals surface area (Å²) in [5.74, 6) is 0.212. The van der Waals surface area contributed by atoms with Crippen LogP contribution in [-0.2, 0) is 0 Å². The number of thiophene rings is 1. The van der Waals surface area contributed by atoms with Crippen molar-refractivity contribution in [2.24, 2.45) is 0 Å². The van der Waals surface area contributed by atoms with E-state index in [1.807, 2.05) is 12.3 Å². The summed E-state index contributed by atoms with van der Waals surface area (Å²) in [4.78, 5) is 12.6. The van der Waals surface area contributed by atoms with Crippen LogP contribution >= 0.6 is 22.9 Å². The number of carbonyl (C=O) groups is 1. The fraction of sp³-hybridized carbons (Fsp3) is 0.643. The SMILES string of the molecule is CCCCCCCCC(=O)c1scc(C)c1Cl. The molecule has 0 saturated heterocycles. The largest absolute Gasteiger partial charge is 0.293 e. The van der Waals surface area contributed by atoms with Crippen LogP contribution in [0.1, 0.15) is 67.1 Å². The van der Waals surface area contributed by atoms with E-state index in [9.17, 15) is 4.79 Å². The number of unbranched alkanes of at least 4 members (excludes halogenated alkanes) is 5. The number of halogens is 1. The zero-order chi connectivity index (χ0) is 12.7. The highest BCUT2D eigenvalue weighted by Gasteiger charge is 2.13. The monoisotopic (exact) mass is 272 g/mol. The third kappa shape index (κ3) is 4.81. The maximum Gasteiger partial charge on any atom is 0.174 e. The standard InChI is InChI=1S/C14H21ClOS/c1-3-4-5-6-7-8-9-12(16)14-13(15)11(2)10-17-14/h10H,3-9H2,1-2H3. The Labute approximate surface area is 113 Å². The Bertz CT molecular complexity index is 357. The minimum absolute atomic E-state index is 0.212. The van der Waals surface area contributed by atoms with E-state index in [4.69, 9.17) is 11.6 Å². The molecule has 1 heterocycles. The maximum atomic E-state index is 11.9. The molecule has 0 unspecified atom stereocenters. The van der Waals surface area contributed by atoms with Gasteiger partial charge in [0.05, 0.1) is 9.90 Å². The number of hydrogen-bond acceptors (Lipinski definition) is 2. The topological polar surface area (TPSA) is 17.1 Å². The lowest BCUT2D eigenvalue weighted by atomic mass is 10.1. The van der Waals surface area contributed by atoms with Crippen molar-refractivity contribution >= 4 is 28.7 Å². The summed E-state index contributed by atoms with van der Waals surface area (Å²) in [6.45, 7) is 4.16. The molecule has 0 aromatic carbocycles. The van der Waals surface area contributed by atoms with Crippen LogP contribution in [0, 0.1) is 6.92 Å². The van der Waals surface area contributed by atoms with E-state index in [-0.39, 0.29) is 5.78 Å². The van der Waals surface area contributed by atoms with Crippen molar-refractivity contribution in [3.8, 4) is 0 Å². The third-order valence-corrected chi connectivity index (χ3v) is 4.65. The summed E-state index contributed by atoms with van der Waals surface area (Å²) in [5.41, 5.74) is 1.02. The molecule has 1 nitrogen and oxygen atoms in total. The Balaban J connectivity index is 2.24. The Morgan fingerprint density at radius 1 is 1.24 bits per heavy atom. The molecule has 1 aromatic heterocycles. The molecule has 1 rings (SSSR count). The van der Waals surface area contributed by atoms with Crippen molar-refractivity contribution in [2.45, 2.75) is 58.8 Å². The van der Waals surface area contributed by atoms with Crippen LogP contribution in [0.2, 0.25) is 5.02 Å². The van der Waals surface area contributed by atoms with Gasteiger partial charge in [0.25, 0.3) is 0 Å². The van der Waals surface area contributed by atoms with Gasteiger partial charge in [0.2, 0.25) is 0 Å². The molecule has 0 aliphatic rings. The predicted octanol–water partition coefficient (Wildman–Crippen LogP) is 5.64.